The van der Waals surface area contributed by atoms with Gasteiger partial charge in [0.05, 0.1) is 6.10 Å². The molecule has 1 aliphatic heterocycles. The highest BCUT2D eigenvalue weighted by Gasteiger charge is 2.42. The molecular formula is C20H33NOSi. The monoisotopic (exact) mass is 331 g/mol. The summed E-state index contributed by atoms with van der Waals surface area (Å²) in [6.45, 7) is 17.3. The fraction of sp³-hybridized carbons (Fsp3) is 0.700. The Hall–Kier alpha value is -0.643. The van der Waals surface area contributed by atoms with Crippen molar-refractivity contribution in [3.05, 3.63) is 34.4 Å². The largest absolute Gasteiger partial charge is 0.413 e. The standard InChI is InChI=1S/C20H33NOSi/c1-13-8-16-14(2)10-19-18(17(16)9-13)11-15(12-21-19)22-23(6,7)20(3,4)5/h9-10,15,18-19,21H,8,11-12H2,1-7H3/t15-,18?,19?/m0/s1. The van der Waals surface area contributed by atoms with Crippen molar-refractivity contribution in [2.24, 2.45) is 5.92 Å². The Morgan fingerprint density at radius 2 is 1.91 bits per heavy atom. The molecule has 2 nitrogen and oxygen atoms in total. The van der Waals surface area contributed by atoms with Crippen LogP contribution >= 0.6 is 0 Å². The van der Waals surface area contributed by atoms with Crippen LogP contribution in [0.15, 0.2) is 34.4 Å². The zero-order chi connectivity index (χ0) is 17.0. The van der Waals surface area contributed by atoms with Crippen molar-refractivity contribution < 1.29 is 4.43 Å². The van der Waals surface area contributed by atoms with Gasteiger partial charge in [-0.1, -0.05) is 38.5 Å². The Labute approximate surface area is 143 Å². The maximum absolute atomic E-state index is 6.71. The molecule has 3 rings (SSSR count). The maximum atomic E-state index is 6.71. The fourth-order valence-corrected chi connectivity index (χ4v) is 5.32. The molecule has 0 radical (unpaired) electrons. The maximum Gasteiger partial charge on any atom is 0.192 e. The third-order valence-corrected chi connectivity index (χ3v) is 10.8. The van der Waals surface area contributed by atoms with Crippen molar-refractivity contribution in [2.45, 2.75) is 77.7 Å². The second kappa shape index (κ2) is 5.71. The van der Waals surface area contributed by atoms with Crippen LogP contribution in [0.1, 0.15) is 47.5 Å². The van der Waals surface area contributed by atoms with Crippen LogP contribution in [0, 0.1) is 5.92 Å². The van der Waals surface area contributed by atoms with E-state index in [-0.39, 0.29) is 5.04 Å². The molecule has 0 aromatic heterocycles. The van der Waals surface area contributed by atoms with Gasteiger partial charge in [0.2, 0.25) is 0 Å². The molecule has 1 fully saturated rings. The highest BCUT2D eigenvalue weighted by atomic mass is 28.4. The Morgan fingerprint density at radius 3 is 2.57 bits per heavy atom. The summed E-state index contributed by atoms with van der Waals surface area (Å²) in [5.41, 5.74) is 6.16. The number of allylic oxidation sites excluding steroid dienone is 4. The topological polar surface area (TPSA) is 21.3 Å². The highest BCUT2D eigenvalue weighted by molar-refractivity contribution is 6.74. The average molecular weight is 332 g/mol. The Kier molecular flexibility index (Phi) is 4.27. The smallest absolute Gasteiger partial charge is 0.192 e. The fourth-order valence-electron chi connectivity index (χ4n) is 3.95. The summed E-state index contributed by atoms with van der Waals surface area (Å²) in [5, 5.41) is 4.04. The quantitative estimate of drug-likeness (QED) is 0.722. The predicted molar refractivity (Wildman–Crippen MR) is 101 cm³/mol. The number of rotatable bonds is 2. The molecule has 2 unspecified atom stereocenters. The van der Waals surface area contributed by atoms with Crippen molar-refractivity contribution in [2.75, 3.05) is 6.54 Å². The molecule has 0 amide bonds. The summed E-state index contributed by atoms with van der Waals surface area (Å²) in [6, 6.07) is 0.496. The van der Waals surface area contributed by atoms with E-state index in [1.54, 1.807) is 11.1 Å². The predicted octanol–water partition coefficient (Wildman–Crippen LogP) is 4.96. The molecule has 2 aliphatic carbocycles. The molecule has 3 heteroatoms. The summed E-state index contributed by atoms with van der Waals surface area (Å²) < 4.78 is 6.71. The van der Waals surface area contributed by atoms with E-state index in [1.807, 2.05) is 0 Å². The third kappa shape index (κ3) is 3.16. The van der Waals surface area contributed by atoms with Gasteiger partial charge in [0.25, 0.3) is 0 Å². The summed E-state index contributed by atoms with van der Waals surface area (Å²) in [6.07, 6.45) is 7.57. The van der Waals surface area contributed by atoms with Gasteiger partial charge in [-0.25, -0.2) is 0 Å². The first-order valence-corrected chi connectivity index (χ1v) is 12.0. The number of hydrogen-bond donors (Lipinski definition) is 1. The van der Waals surface area contributed by atoms with Gasteiger partial charge in [0.1, 0.15) is 0 Å². The van der Waals surface area contributed by atoms with Crippen molar-refractivity contribution in [3.8, 4) is 0 Å². The third-order valence-electron chi connectivity index (χ3n) is 6.31. The van der Waals surface area contributed by atoms with Crippen LogP contribution in [0.25, 0.3) is 0 Å². The van der Waals surface area contributed by atoms with Crippen LogP contribution in [-0.4, -0.2) is 27.0 Å². The first-order chi connectivity index (χ1) is 10.6. The lowest BCUT2D eigenvalue weighted by molar-refractivity contribution is 0.118. The van der Waals surface area contributed by atoms with E-state index < -0.39 is 8.32 Å². The summed E-state index contributed by atoms with van der Waals surface area (Å²) >= 11 is 0. The van der Waals surface area contributed by atoms with Crippen LogP contribution in [-0.2, 0) is 4.43 Å². The van der Waals surface area contributed by atoms with E-state index in [2.05, 4.69) is 65.2 Å². The normalized spacial score (nSPS) is 31.5. The second-order valence-corrected chi connectivity index (χ2v) is 14.0. The summed E-state index contributed by atoms with van der Waals surface area (Å²) in [4.78, 5) is 0. The SMILES string of the molecule is CC1=CC2=C(C1)C(C)=CC1NC[C@@H](O[Si](C)(C)C(C)(C)C)CC21. The van der Waals surface area contributed by atoms with Crippen LogP contribution in [0.5, 0.6) is 0 Å². The molecule has 3 aliphatic rings. The zero-order valence-electron chi connectivity index (χ0n) is 15.9. The van der Waals surface area contributed by atoms with Crippen LogP contribution in [0.2, 0.25) is 18.1 Å². The first kappa shape index (κ1) is 17.2. The molecule has 128 valence electrons. The highest BCUT2D eigenvalue weighted by Crippen LogP contribution is 2.44. The average Bonchev–Trinajstić information content (AvgIpc) is 2.81. The Bertz CT molecular complexity index is 591. The molecule has 1 saturated heterocycles. The van der Waals surface area contributed by atoms with Gasteiger partial charge < -0.3 is 9.74 Å². The van der Waals surface area contributed by atoms with Crippen LogP contribution < -0.4 is 5.32 Å². The van der Waals surface area contributed by atoms with E-state index in [4.69, 9.17) is 4.43 Å². The Morgan fingerprint density at radius 1 is 1.22 bits per heavy atom. The minimum atomic E-state index is -1.70. The van der Waals surface area contributed by atoms with Crippen molar-refractivity contribution in [3.63, 3.8) is 0 Å². The van der Waals surface area contributed by atoms with E-state index >= 15 is 0 Å². The van der Waals surface area contributed by atoms with Crippen molar-refractivity contribution in [1.82, 2.24) is 5.32 Å². The molecule has 0 bridgehead atoms. The molecule has 0 spiro atoms. The van der Waals surface area contributed by atoms with Gasteiger partial charge in [-0.2, -0.15) is 0 Å². The number of piperidine rings is 1. The molecule has 1 N–H and O–H groups in total. The molecule has 0 aromatic carbocycles. The van der Waals surface area contributed by atoms with Gasteiger partial charge in [-0.15, -0.1) is 0 Å². The molecule has 1 heterocycles. The number of nitrogens with one attached hydrogen (secondary N) is 1. The summed E-state index contributed by atoms with van der Waals surface area (Å²) in [7, 11) is -1.70. The first-order valence-electron chi connectivity index (χ1n) is 9.09. The molecule has 0 saturated carbocycles. The summed E-state index contributed by atoms with van der Waals surface area (Å²) in [5.74, 6) is 0.592. The lowest BCUT2D eigenvalue weighted by Crippen LogP contribution is -2.53. The second-order valence-electron chi connectivity index (χ2n) is 9.23. The minimum absolute atomic E-state index is 0.279. The van der Waals surface area contributed by atoms with Crippen molar-refractivity contribution >= 4 is 8.32 Å². The number of fused-ring (bicyclic) bond motifs is 2. The van der Waals surface area contributed by atoms with E-state index in [0.29, 0.717) is 18.1 Å². The van der Waals surface area contributed by atoms with Crippen LogP contribution in [0.3, 0.4) is 0 Å². The lowest BCUT2D eigenvalue weighted by atomic mass is 9.76. The van der Waals surface area contributed by atoms with Gasteiger partial charge >= 0.3 is 0 Å². The molecule has 0 aromatic rings. The molecule has 23 heavy (non-hydrogen) atoms. The van der Waals surface area contributed by atoms with Gasteiger partial charge in [-0.3, -0.25) is 0 Å². The van der Waals surface area contributed by atoms with Gasteiger partial charge in [0.15, 0.2) is 8.32 Å². The van der Waals surface area contributed by atoms with E-state index in [1.165, 1.54) is 11.1 Å². The van der Waals surface area contributed by atoms with Crippen LogP contribution in [0.4, 0.5) is 0 Å². The van der Waals surface area contributed by atoms with E-state index in [9.17, 15) is 0 Å². The molecular weight excluding hydrogens is 298 g/mol. The van der Waals surface area contributed by atoms with E-state index in [0.717, 1.165) is 19.4 Å². The molecule has 3 atom stereocenters. The zero-order valence-corrected chi connectivity index (χ0v) is 16.9. The Balaban J connectivity index is 1.78. The van der Waals surface area contributed by atoms with Crippen molar-refractivity contribution in [1.29, 1.82) is 0 Å². The van der Waals surface area contributed by atoms with Gasteiger partial charge in [-0.05, 0) is 61.5 Å². The number of hydrogen-bond acceptors (Lipinski definition) is 2. The lowest BCUT2D eigenvalue weighted by Gasteiger charge is -2.44. The van der Waals surface area contributed by atoms with Gasteiger partial charge in [0, 0.05) is 18.5 Å². The minimum Gasteiger partial charge on any atom is -0.413 e.